The zero-order valence-corrected chi connectivity index (χ0v) is 34.4. The van der Waals surface area contributed by atoms with Crippen LogP contribution in [0.15, 0.2) is 247 Å². The van der Waals surface area contributed by atoms with E-state index in [4.69, 9.17) is 4.42 Å². The second kappa shape index (κ2) is 15.3. The van der Waals surface area contributed by atoms with Crippen molar-refractivity contribution in [2.75, 3.05) is 4.90 Å². The molecule has 12 rings (SSSR count). The molecule has 0 amide bonds. The zero-order valence-electron chi connectivity index (χ0n) is 34.4. The molecule has 0 bridgehead atoms. The van der Waals surface area contributed by atoms with Crippen LogP contribution in [0.4, 0.5) is 17.1 Å². The molecule has 0 fully saturated rings. The fourth-order valence-electron chi connectivity index (χ4n) is 9.61. The summed E-state index contributed by atoms with van der Waals surface area (Å²) in [4.78, 5) is 2.40. The number of hydrogen-bond acceptors (Lipinski definition) is 2. The molecule has 0 unspecified atom stereocenters. The van der Waals surface area contributed by atoms with Crippen molar-refractivity contribution in [3.05, 3.63) is 243 Å². The lowest BCUT2D eigenvalue weighted by atomic mass is 9.87. The first kappa shape index (κ1) is 36.5. The van der Waals surface area contributed by atoms with E-state index in [1.807, 2.05) is 12.1 Å². The van der Waals surface area contributed by atoms with Crippen molar-refractivity contribution in [1.82, 2.24) is 4.57 Å². The third-order valence-electron chi connectivity index (χ3n) is 12.4. The van der Waals surface area contributed by atoms with Gasteiger partial charge in [-0.2, -0.15) is 0 Å². The summed E-state index contributed by atoms with van der Waals surface area (Å²) in [6, 6.07) is 87.1. The Hall–Kier alpha value is -8.40. The van der Waals surface area contributed by atoms with Gasteiger partial charge in [0.2, 0.25) is 0 Å². The van der Waals surface area contributed by atoms with E-state index in [-0.39, 0.29) is 0 Å². The highest BCUT2D eigenvalue weighted by Gasteiger charge is 2.24. The van der Waals surface area contributed by atoms with Gasteiger partial charge < -0.3 is 13.9 Å². The van der Waals surface area contributed by atoms with Gasteiger partial charge in [0, 0.05) is 55.8 Å². The Bertz CT molecular complexity index is 3600. The number of anilines is 3. The largest absolute Gasteiger partial charge is 0.456 e. The van der Waals surface area contributed by atoms with Crippen LogP contribution in [-0.4, -0.2) is 4.57 Å². The number of aromatic nitrogens is 1. The highest BCUT2D eigenvalue weighted by atomic mass is 16.3. The van der Waals surface area contributed by atoms with Gasteiger partial charge in [-0.1, -0.05) is 182 Å². The number of nitrogens with zero attached hydrogens (tertiary/aromatic N) is 2. The highest BCUT2D eigenvalue weighted by Crippen LogP contribution is 2.49. The van der Waals surface area contributed by atoms with Gasteiger partial charge in [0.25, 0.3) is 0 Å². The number of hydrogen-bond donors (Lipinski definition) is 0. The molecule has 296 valence electrons. The van der Waals surface area contributed by atoms with E-state index in [2.05, 4.69) is 240 Å². The molecule has 2 heterocycles. The van der Waals surface area contributed by atoms with Gasteiger partial charge in [0.1, 0.15) is 11.2 Å². The Morgan fingerprint density at radius 2 is 0.873 bits per heavy atom. The smallest absolute Gasteiger partial charge is 0.137 e. The van der Waals surface area contributed by atoms with Gasteiger partial charge in [0.15, 0.2) is 0 Å². The number of rotatable bonds is 8. The SMILES string of the molecule is c1ccc(-c2ccccc2-c2c(-c3ccccc3)cccc2N(c2ccc(-c3cccc4c5ccccc5n(-c5ccccc5)c34)cc2)c2ccc3c(c2)oc2ccccc23)cc1. The molecule has 0 aliphatic rings. The highest BCUT2D eigenvalue weighted by molar-refractivity contribution is 6.14. The Morgan fingerprint density at radius 3 is 1.65 bits per heavy atom. The Labute approximate surface area is 366 Å². The summed E-state index contributed by atoms with van der Waals surface area (Å²) < 4.78 is 8.97. The van der Waals surface area contributed by atoms with Gasteiger partial charge in [-0.25, -0.2) is 0 Å². The summed E-state index contributed by atoms with van der Waals surface area (Å²) in [5.74, 6) is 0. The summed E-state index contributed by atoms with van der Waals surface area (Å²) in [5.41, 5.74) is 17.6. The van der Waals surface area contributed by atoms with E-state index in [1.165, 1.54) is 38.5 Å². The minimum atomic E-state index is 0.848. The molecule has 0 N–H and O–H groups in total. The lowest BCUT2D eigenvalue weighted by molar-refractivity contribution is 0.669. The zero-order chi connectivity index (χ0) is 41.7. The van der Waals surface area contributed by atoms with Crippen molar-refractivity contribution in [1.29, 1.82) is 0 Å². The van der Waals surface area contributed by atoms with Gasteiger partial charge in [0.05, 0.1) is 16.7 Å². The van der Waals surface area contributed by atoms with Crippen molar-refractivity contribution in [2.24, 2.45) is 0 Å². The molecule has 0 saturated carbocycles. The third-order valence-corrected chi connectivity index (χ3v) is 12.4. The standard InChI is InChI=1S/C60H40N2O/c1-4-18-41(19-5-1)47-24-10-11-27-53(47)59-48(42-20-6-2-7-21-42)28-17-32-56(59)61(46-38-39-52-51-26-13-15-33-57(51)63-58(52)40-46)45-36-34-43(35-37-45)49-29-16-30-54-50-25-12-14-31-55(50)62(60(49)54)44-22-8-3-9-23-44/h1-40H. The Balaban J connectivity index is 1.10. The van der Waals surface area contributed by atoms with Crippen molar-refractivity contribution in [2.45, 2.75) is 0 Å². The minimum absolute atomic E-state index is 0.848. The molecule has 0 spiro atoms. The number of fused-ring (bicyclic) bond motifs is 6. The van der Waals surface area contributed by atoms with Crippen molar-refractivity contribution >= 4 is 60.8 Å². The van der Waals surface area contributed by atoms with Gasteiger partial charge in [-0.15, -0.1) is 0 Å². The molecular formula is C60H40N2O. The maximum Gasteiger partial charge on any atom is 0.137 e. The van der Waals surface area contributed by atoms with E-state index >= 15 is 0 Å². The van der Waals surface area contributed by atoms with E-state index in [9.17, 15) is 0 Å². The number of furan rings is 1. The average Bonchev–Trinajstić information content (AvgIpc) is 3.91. The second-order valence-electron chi connectivity index (χ2n) is 16.0. The summed E-state index contributed by atoms with van der Waals surface area (Å²) in [7, 11) is 0. The van der Waals surface area contributed by atoms with Crippen LogP contribution in [0.1, 0.15) is 0 Å². The van der Waals surface area contributed by atoms with Crippen LogP contribution >= 0.6 is 0 Å². The average molecular weight is 805 g/mol. The fourth-order valence-corrected chi connectivity index (χ4v) is 9.61. The second-order valence-corrected chi connectivity index (χ2v) is 16.0. The predicted octanol–water partition coefficient (Wildman–Crippen LogP) is 16.8. The summed E-state index contributed by atoms with van der Waals surface area (Å²) >= 11 is 0. The molecule has 0 atom stereocenters. The molecular weight excluding hydrogens is 765 g/mol. The predicted molar refractivity (Wildman–Crippen MR) is 264 cm³/mol. The van der Waals surface area contributed by atoms with Crippen LogP contribution in [0.5, 0.6) is 0 Å². The summed E-state index contributed by atoms with van der Waals surface area (Å²) in [6.07, 6.45) is 0. The van der Waals surface area contributed by atoms with Crippen LogP contribution in [0.2, 0.25) is 0 Å². The molecule has 0 saturated heterocycles. The number of para-hydroxylation sites is 4. The lowest BCUT2D eigenvalue weighted by Crippen LogP contribution is -2.12. The lowest BCUT2D eigenvalue weighted by Gasteiger charge is -2.30. The normalized spacial score (nSPS) is 11.5. The Morgan fingerprint density at radius 1 is 0.333 bits per heavy atom. The molecule has 0 aliphatic carbocycles. The molecule has 10 aromatic carbocycles. The van der Waals surface area contributed by atoms with E-state index < -0.39 is 0 Å². The van der Waals surface area contributed by atoms with E-state index in [0.29, 0.717) is 0 Å². The molecule has 3 heteroatoms. The molecule has 2 aromatic heterocycles. The molecule has 0 aliphatic heterocycles. The first-order chi connectivity index (χ1) is 31.3. The maximum atomic E-state index is 6.56. The van der Waals surface area contributed by atoms with Crippen molar-refractivity contribution in [3.8, 4) is 50.2 Å². The van der Waals surface area contributed by atoms with Crippen LogP contribution in [0.25, 0.3) is 93.9 Å². The van der Waals surface area contributed by atoms with Crippen molar-refractivity contribution < 1.29 is 4.42 Å². The topological polar surface area (TPSA) is 21.3 Å². The van der Waals surface area contributed by atoms with E-state index in [1.54, 1.807) is 0 Å². The first-order valence-corrected chi connectivity index (χ1v) is 21.5. The van der Waals surface area contributed by atoms with Gasteiger partial charge >= 0.3 is 0 Å². The monoisotopic (exact) mass is 804 g/mol. The van der Waals surface area contributed by atoms with Crippen LogP contribution in [0.3, 0.4) is 0 Å². The van der Waals surface area contributed by atoms with Gasteiger partial charge in [-0.3, -0.25) is 0 Å². The van der Waals surface area contributed by atoms with Gasteiger partial charge in [-0.05, 0) is 88.0 Å². The van der Waals surface area contributed by atoms with E-state index in [0.717, 1.165) is 72.5 Å². The Kier molecular flexibility index (Phi) is 8.83. The van der Waals surface area contributed by atoms with Crippen LogP contribution in [-0.2, 0) is 0 Å². The summed E-state index contributed by atoms with van der Waals surface area (Å²) in [5, 5.41) is 4.68. The van der Waals surface area contributed by atoms with Crippen molar-refractivity contribution in [3.63, 3.8) is 0 Å². The molecule has 3 nitrogen and oxygen atoms in total. The fraction of sp³-hybridized carbons (Fsp3) is 0. The van der Waals surface area contributed by atoms with Crippen LogP contribution < -0.4 is 4.90 Å². The third kappa shape index (κ3) is 6.21. The maximum absolute atomic E-state index is 6.56. The number of benzene rings is 10. The quantitative estimate of drug-likeness (QED) is 0.153. The molecule has 12 aromatic rings. The van der Waals surface area contributed by atoms with Crippen LogP contribution in [0, 0.1) is 0 Å². The molecule has 0 radical (unpaired) electrons. The first-order valence-electron chi connectivity index (χ1n) is 21.5. The summed E-state index contributed by atoms with van der Waals surface area (Å²) in [6.45, 7) is 0. The minimum Gasteiger partial charge on any atom is -0.456 e. The molecule has 63 heavy (non-hydrogen) atoms.